The molecular weight excluding hydrogens is 251 g/mol. The first-order chi connectivity index (χ1) is 7.29. The van der Waals surface area contributed by atoms with E-state index in [-0.39, 0.29) is 0 Å². The maximum Gasteiger partial charge on any atom is 0.235 e. The molecule has 0 radical (unpaired) electrons. The lowest BCUT2D eigenvalue weighted by molar-refractivity contribution is 0.375. The number of hydrogen-bond acceptors (Lipinski definition) is 2. The summed E-state index contributed by atoms with van der Waals surface area (Å²) in [6.45, 7) is 4.07. The fourth-order valence-electron chi connectivity index (χ4n) is 1.36. The summed E-state index contributed by atoms with van der Waals surface area (Å²) < 4.78 is 34.9. The molecular formula is C11H14ClFO2S. The highest BCUT2D eigenvalue weighted by Crippen LogP contribution is 2.23. The van der Waals surface area contributed by atoms with Gasteiger partial charge in [-0.15, -0.1) is 0 Å². The lowest BCUT2D eigenvalue weighted by Gasteiger charge is -2.09. The Bertz CT molecular complexity index is 440. The van der Waals surface area contributed by atoms with Crippen molar-refractivity contribution in [3.05, 3.63) is 35.4 Å². The summed E-state index contributed by atoms with van der Waals surface area (Å²) >= 11 is 0. The van der Waals surface area contributed by atoms with E-state index in [0.717, 1.165) is 5.56 Å². The Labute approximate surface area is 99.9 Å². The zero-order chi connectivity index (χ0) is 12.3. The van der Waals surface area contributed by atoms with E-state index in [9.17, 15) is 12.8 Å². The van der Waals surface area contributed by atoms with Crippen LogP contribution in [-0.4, -0.2) is 14.2 Å². The molecule has 0 aromatic heterocycles. The lowest BCUT2D eigenvalue weighted by Crippen LogP contribution is -2.05. The molecule has 90 valence electrons. The summed E-state index contributed by atoms with van der Waals surface area (Å²) in [5.41, 5.74) is 1.43. The van der Waals surface area contributed by atoms with E-state index < -0.39 is 21.0 Å². The van der Waals surface area contributed by atoms with Gasteiger partial charge >= 0.3 is 0 Å². The minimum Gasteiger partial charge on any atom is -0.241 e. The zero-order valence-electron chi connectivity index (χ0n) is 9.15. The van der Waals surface area contributed by atoms with Crippen LogP contribution in [0.3, 0.4) is 0 Å². The molecule has 0 spiro atoms. The van der Waals surface area contributed by atoms with Gasteiger partial charge in [0.05, 0.1) is 0 Å². The van der Waals surface area contributed by atoms with Gasteiger partial charge in [0.2, 0.25) is 9.05 Å². The maximum absolute atomic E-state index is 13.5. The van der Waals surface area contributed by atoms with Crippen molar-refractivity contribution >= 4 is 19.7 Å². The van der Waals surface area contributed by atoms with Crippen molar-refractivity contribution in [1.82, 2.24) is 0 Å². The molecule has 5 heteroatoms. The number of benzene rings is 1. The molecule has 0 aliphatic rings. The first-order valence-corrected chi connectivity index (χ1v) is 7.43. The van der Waals surface area contributed by atoms with Crippen LogP contribution >= 0.6 is 10.7 Å². The predicted octanol–water partition coefficient (Wildman–Crippen LogP) is 3.39. The Balaban J connectivity index is 2.82. The van der Waals surface area contributed by atoms with Crippen molar-refractivity contribution < 1.29 is 12.8 Å². The van der Waals surface area contributed by atoms with Crippen molar-refractivity contribution in [1.29, 1.82) is 0 Å². The summed E-state index contributed by atoms with van der Waals surface area (Å²) in [4.78, 5) is 0. The summed E-state index contributed by atoms with van der Waals surface area (Å²) in [6, 6.07) is 6.80. The van der Waals surface area contributed by atoms with Crippen LogP contribution < -0.4 is 0 Å². The zero-order valence-corrected chi connectivity index (χ0v) is 10.7. The van der Waals surface area contributed by atoms with Crippen LogP contribution in [0.5, 0.6) is 0 Å². The van der Waals surface area contributed by atoms with Crippen molar-refractivity contribution in [3.8, 4) is 0 Å². The van der Waals surface area contributed by atoms with Crippen LogP contribution in [0.15, 0.2) is 24.3 Å². The fraction of sp³-hybridized carbons (Fsp3) is 0.455. The van der Waals surface area contributed by atoms with E-state index in [4.69, 9.17) is 10.7 Å². The van der Waals surface area contributed by atoms with E-state index in [1.54, 1.807) is 24.3 Å². The van der Waals surface area contributed by atoms with E-state index in [2.05, 4.69) is 0 Å². The van der Waals surface area contributed by atoms with Gasteiger partial charge in [0.25, 0.3) is 0 Å². The Kier molecular flexibility index (Phi) is 4.33. The van der Waals surface area contributed by atoms with Crippen LogP contribution in [0.4, 0.5) is 4.39 Å². The van der Waals surface area contributed by atoms with Gasteiger partial charge in [-0.1, -0.05) is 38.1 Å². The minimum atomic E-state index is -3.80. The summed E-state index contributed by atoms with van der Waals surface area (Å²) in [7, 11) is 1.19. The van der Waals surface area contributed by atoms with Gasteiger partial charge < -0.3 is 0 Å². The molecule has 0 saturated carbocycles. The monoisotopic (exact) mass is 264 g/mol. The van der Waals surface area contributed by atoms with Crippen molar-refractivity contribution in [2.75, 3.05) is 5.75 Å². The summed E-state index contributed by atoms with van der Waals surface area (Å²) in [6.07, 6.45) is -1.57. The van der Waals surface area contributed by atoms with Crippen LogP contribution in [-0.2, 0) is 9.05 Å². The molecule has 0 amide bonds. The van der Waals surface area contributed by atoms with Crippen molar-refractivity contribution in [2.45, 2.75) is 25.9 Å². The molecule has 0 fully saturated rings. The second-order valence-electron chi connectivity index (χ2n) is 3.99. The normalized spacial score (nSPS) is 14.1. The molecule has 0 heterocycles. The molecule has 0 aliphatic heterocycles. The molecule has 16 heavy (non-hydrogen) atoms. The van der Waals surface area contributed by atoms with Crippen LogP contribution in [0.2, 0.25) is 0 Å². The van der Waals surface area contributed by atoms with Gasteiger partial charge in [0.1, 0.15) is 11.9 Å². The summed E-state index contributed by atoms with van der Waals surface area (Å²) in [5, 5.41) is 0. The highest BCUT2D eigenvalue weighted by Gasteiger charge is 2.18. The first kappa shape index (κ1) is 13.5. The Morgan fingerprint density at radius 2 is 1.62 bits per heavy atom. The average Bonchev–Trinajstić information content (AvgIpc) is 2.15. The van der Waals surface area contributed by atoms with Crippen LogP contribution in [0.1, 0.15) is 37.1 Å². The SMILES string of the molecule is CC(C)c1ccc(C(F)CS(=O)(=O)Cl)cc1. The molecule has 1 aromatic carbocycles. The molecule has 0 saturated heterocycles. The second-order valence-corrected chi connectivity index (χ2v) is 6.82. The van der Waals surface area contributed by atoms with Gasteiger partial charge in [-0.05, 0) is 17.0 Å². The minimum absolute atomic E-state index is 0.341. The first-order valence-electron chi connectivity index (χ1n) is 4.96. The van der Waals surface area contributed by atoms with Gasteiger partial charge in [-0.2, -0.15) is 0 Å². The standard InChI is InChI=1S/C11H14ClFO2S/c1-8(2)9-3-5-10(6-4-9)11(13)7-16(12,14)15/h3-6,8,11H,7H2,1-2H3. The van der Waals surface area contributed by atoms with E-state index >= 15 is 0 Å². The quantitative estimate of drug-likeness (QED) is 0.781. The van der Waals surface area contributed by atoms with Gasteiger partial charge in [-0.25, -0.2) is 12.8 Å². The highest BCUT2D eigenvalue weighted by atomic mass is 35.7. The van der Waals surface area contributed by atoms with Crippen molar-refractivity contribution in [3.63, 3.8) is 0 Å². The van der Waals surface area contributed by atoms with Crippen LogP contribution in [0, 0.1) is 0 Å². The van der Waals surface area contributed by atoms with E-state index in [1.807, 2.05) is 13.8 Å². The van der Waals surface area contributed by atoms with Crippen LogP contribution in [0.25, 0.3) is 0 Å². The average molecular weight is 265 g/mol. The Morgan fingerprint density at radius 3 is 2.00 bits per heavy atom. The van der Waals surface area contributed by atoms with Gasteiger partial charge in [-0.3, -0.25) is 0 Å². The smallest absolute Gasteiger partial charge is 0.235 e. The predicted molar refractivity (Wildman–Crippen MR) is 64.0 cm³/mol. The number of halogens is 2. The molecule has 0 N–H and O–H groups in total. The number of hydrogen-bond donors (Lipinski definition) is 0. The Morgan fingerprint density at radius 1 is 1.19 bits per heavy atom. The molecule has 0 bridgehead atoms. The van der Waals surface area contributed by atoms with E-state index in [0.29, 0.717) is 11.5 Å². The second kappa shape index (κ2) is 5.15. The van der Waals surface area contributed by atoms with E-state index in [1.165, 1.54) is 0 Å². The summed E-state index contributed by atoms with van der Waals surface area (Å²) in [5.74, 6) is -0.320. The largest absolute Gasteiger partial charge is 0.241 e. The third kappa shape index (κ3) is 4.10. The Hall–Kier alpha value is -0.610. The third-order valence-corrected chi connectivity index (χ3v) is 3.38. The molecule has 0 aliphatic carbocycles. The molecule has 1 rings (SSSR count). The van der Waals surface area contributed by atoms with Crippen molar-refractivity contribution in [2.24, 2.45) is 0 Å². The fourth-order valence-corrected chi connectivity index (χ4v) is 2.23. The molecule has 2 nitrogen and oxygen atoms in total. The molecule has 1 aromatic rings. The molecule has 1 unspecified atom stereocenters. The number of rotatable bonds is 4. The third-order valence-electron chi connectivity index (χ3n) is 2.31. The number of alkyl halides is 1. The van der Waals surface area contributed by atoms with Gasteiger partial charge in [0, 0.05) is 10.7 Å². The maximum atomic E-state index is 13.5. The van der Waals surface area contributed by atoms with Gasteiger partial charge in [0.15, 0.2) is 0 Å². The topological polar surface area (TPSA) is 34.1 Å². The highest BCUT2D eigenvalue weighted by molar-refractivity contribution is 8.13. The lowest BCUT2D eigenvalue weighted by atomic mass is 10.0. The molecule has 1 atom stereocenters.